The standard InChI is InChI=1S/C25H25N7O/c1-16-3-2-4-21(29-16)24-23(27-15-28-24)17-5-6-20-18(11-17)12-19(13-26-20)30-25(33)22-14-31-7-9-32(22)10-8-31/h2-6,11-13,15,22H,7-10,14H2,1H3,(H,27,28)(H,30,33)/t22-/m1/s1. The predicted octanol–water partition coefficient (Wildman–Crippen LogP) is 2.93. The number of aromatic nitrogens is 4. The third-order valence-electron chi connectivity index (χ3n) is 6.59. The molecule has 0 radical (unpaired) electrons. The lowest BCUT2D eigenvalue weighted by Crippen LogP contribution is -2.64. The van der Waals surface area contributed by atoms with E-state index in [1.807, 2.05) is 43.3 Å². The summed E-state index contributed by atoms with van der Waals surface area (Å²) in [6.07, 6.45) is 3.42. The number of benzene rings is 1. The second-order valence-electron chi connectivity index (χ2n) is 8.76. The Bertz CT molecular complexity index is 1340. The molecule has 0 spiro atoms. The van der Waals surface area contributed by atoms with Crippen molar-refractivity contribution in [3.05, 3.63) is 60.7 Å². The number of hydrogen-bond donors (Lipinski definition) is 2. The van der Waals surface area contributed by atoms with Gasteiger partial charge in [-0.15, -0.1) is 0 Å². The van der Waals surface area contributed by atoms with E-state index in [-0.39, 0.29) is 11.9 Å². The van der Waals surface area contributed by atoms with Gasteiger partial charge in [-0.1, -0.05) is 12.1 Å². The highest BCUT2D eigenvalue weighted by Crippen LogP contribution is 2.30. The van der Waals surface area contributed by atoms with Gasteiger partial charge in [0.1, 0.15) is 6.04 Å². The summed E-state index contributed by atoms with van der Waals surface area (Å²) in [7, 11) is 0. The Morgan fingerprint density at radius 3 is 2.76 bits per heavy atom. The Balaban J connectivity index is 1.29. The fourth-order valence-electron chi connectivity index (χ4n) is 4.83. The molecule has 6 heterocycles. The topological polar surface area (TPSA) is 90.0 Å². The number of aryl methyl sites for hydroxylation is 1. The first-order chi connectivity index (χ1) is 16.1. The summed E-state index contributed by atoms with van der Waals surface area (Å²) in [5, 5.41) is 4.03. The molecule has 0 unspecified atom stereocenters. The average Bonchev–Trinajstić information content (AvgIpc) is 3.34. The molecule has 3 aliphatic rings. The van der Waals surface area contributed by atoms with Crippen LogP contribution in [0.5, 0.6) is 0 Å². The summed E-state index contributed by atoms with van der Waals surface area (Å²) in [6.45, 7) is 6.79. The van der Waals surface area contributed by atoms with Crippen molar-refractivity contribution in [1.29, 1.82) is 0 Å². The Kier molecular flexibility index (Phi) is 4.89. The number of imidazole rings is 1. The smallest absolute Gasteiger partial charge is 0.243 e. The highest BCUT2D eigenvalue weighted by Gasteiger charge is 2.36. The summed E-state index contributed by atoms with van der Waals surface area (Å²) in [6, 6.07) is 13.9. The highest BCUT2D eigenvalue weighted by molar-refractivity contribution is 5.97. The van der Waals surface area contributed by atoms with Gasteiger partial charge in [-0.3, -0.25) is 24.6 Å². The minimum atomic E-state index is -0.0945. The van der Waals surface area contributed by atoms with Crippen molar-refractivity contribution in [2.24, 2.45) is 0 Å². The predicted molar refractivity (Wildman–Crippen MR) is 128 cm³/mol. The lowest BCUT2D eigenvalue weighted by molar-refractivity contribution is -0.126. The molecule has 0 aliphatic carbocycles. The van der Waals surface area contributed by atoms with Gasteiger partial charge in [0.15, 0.2) is 0 Å². The van der Waals surface area contributed by atoms with Crippen LogP contribution in [0.25, 0.3) is 33.5 Å². The van der Waals surface area contributed by atoms with Gasteiger partial charge in [0.2, 0.25) is 5.91 Å². The molecule has 3 aliphatic heterocycles. The van der Waals surface area contributed by atoms with Crippen LogP contribution < -0.4 is 5.32 Å². The monoisotopic (exact) mass is 439 g/mol. The van der Waals surface area contributed by atoms with Crippen molar-refractivity contribution >= 4 is 22.5 Å². The van der Waals surface area contributed by atoms with Gasteiger partial charge in [0.25, 0.3) is 0 Å². The molecule has 8 heteroatoms. The maximum Gasteiger partial charge on any atom is 0.243 e. The molecule has 8 nitrogen and oxygen atoms in total. The van der Waals surface area contributed by atoms with E-state index in [9.17, 15) is 4.79 Å². The molecule has 1 aromatic carbocycles. The third kappa shape index (κ3) is 3.77. The number of H-pyrrole nitrogens is 1. The lowest BCUT2D eigenvalue weighted by Gasteiger charge is -2.46. The van der Waals surface area contributed by atoms with Gasteiger partial charge in [0, 0.05) is 49.4 Å². The van der Waals surface area contributed by atoms with Gasteiger partial charge in [-0.05, 0) is 37.3 Å². The van der Waals surface area contributed by atoms with E-state index in [2.05, 4.69) is 41.1 Å². The number of nitrogens with one attached hydrogen (secondary N) is 2. The van der Waals surface area contributed by atoms with Crippen LogP contribution in [0.15, 0.2) is 55.0 Å². The van der Waals surface area contributed by atoms with E-state index in [1.165, 1.54) is 0 Å². The van der Waals surface area contributed by atoms with Gasteiger partial charge in [-0.2, -0.15) is 0 Å². The summed E-state index contributed by atoms with van der Waals surface area (Å²) >= 11 is 0. The van der Waals surface area contributed by atoms with Crippen molar-refractivity contribution in [1.82, 2.24) is 29.7 Å². The number of carbonyl (C=O) groups excluding carboxylic acids is 1. The zero-order valence-corrected chi connectivity index (χ0v) is 18.5. The number of carbonyl (C=O) groups is 1. The number of aromatic amines is 1. The molecular weight excluding hydrogens is 414 g/mol. The van der Waals surface area contributed by atoms with E-state index in [0.29, 0.717) is 5.69 Å². The number of pyridine rings is 2. The van der Waals surface area contributed by atoms with Crippen molar-refractivity contribution < 1.29 is 4.79 Å². The van der Waals surface area contributed by atoms with Crippen molar-refractivity contribution in [3.63, 3.8) is 0 Å². The summed E-state index contributed by atoms with van der Waals surface area (Å²) in [5.74, 6) is 0.0387. The van der Waals surface area contributed by atoms with Crippen LogP contribution in [0.4, 0.5) is 5.69 Å². The quantitative estimate of drug-likeness (QED) is 0.508. The molecule has 33 heavy (non-hydrogen) atoms. The Morgan fingerprint density at radius 1 is 1.09 bits per heavy atom. The molecule has 166 valence electrons. The molecule has 2 bridgehead atoms. The number of nitrogens with zero attached hydrogens (tertiary/aromatic N) is 5. The van der Waals surface area contributed by atoms with Gasteiger partial charge >= 0.3 is 0 Å². The van der Waals surface area contributed by atoms with Crippen LogP contribution >= 0.6 is 0 Å². The molecule has 4 aromatic rings. The maximum atomic E-state index is 12.9. The molecule has 1 atom stereocenters. The van der Waals surface area contributed by atoms with E-state index in [4.69, 9.17) is 0 Å². The number of hydrogen-bond acceptors (Lipinski definition) is 6. The Labute approximate surface area is 191 Å². The molecule has 3 aromatic heterocycles. The first-order valence-electron chi connectivity index (χ1n) is 11.3. The molecule has 2 N–H and O–H groups in total. The number of fused-ring (bicyclic) bond motifs is 4. The Morgan fingerprint density at radius 2 is 1.97 bits per heavy atom. The first kappa shape index (κ1) is 20.0. The average molecular weight is 440 g/mol. The largest absolute Gasteiger partial charge is 0.343 e. The molecule has 0 saturated carbocycles. The number of anilines is 1. The van der Waals surface area contributed by atoms with E-state index in [1.54, 1.807) is 12.5 Å². The number of rotatable bonds is 4. The summed E-state index contributed by atoms with van der Waals surface area (Å²) in [4.78, 5) is 34.6. The fraction of sp³-hybridized carbons (Fsp3) is 0.280. The zero-order valence-electron chi connectivity index (χ0n) is 18.5. The van der Waals surface area contributed by atoms with Gasteiger partial charge in [0.05, 0.1) is 40.8 Å². The minimum Gasteiger partial charge on any atom is -0.343 e. The highest BCUT2D eigenvalue weighted by atomic mass is 16.2. The normalized spacial score (nSPS) is 21.9. The lowest BCUT2D eigenvalue weighted by atomic mass is 10.0. The molecular formula is C25H25N7O. The minimum absolute atomic E-state index is 0.0387. The molecule has 3 saturated heterocycles. The molecule has 7 rings (SSSR count). The van der Waals surface area contributed by atoms with Gasteiger partial charge in [-0.25, -0.2) is 4.98 Å². The fourth-order valence-corrected chi connectivity index (χ4v) is 4.83. The van der Waals surface area contributed by atoms with E-state index in [0.717, 1.165) is 72.0 Å². The summed E-state index contributed by atoms with van der Waals surface area (Å²) in [5.41, 5.74) is 6.08. The Hall–Kier alpha value is -3.62. The van der Waals surface area contributed by atoms with E-state index < -0.39 is 0 Å². The second kappa shape index (κ2) is 8.06. The number of piperazine rings is 3. The molecule has 3 fully saturated rings. The second-order valence-corrected chi connectivity index (χ2v) is 8.76. The van der Waals surface area contributed by atoms with Crippen molar-refractivity contribution in [2.45, 2.75) is 13.0 Å². The van der Waals surface area contributed by atoms with Gasteiger partial charge < -0.3 is 10.3 Å². The maximum absolute atomic E-state index is 12.9. The number of amides is 1. The van der Waals surface area contributed by atoms with Crippen LogP contribution in [-0.2, 0) is 4.79 Å². The van der Waals surface area contributed by atoms with Crippen molar-refractivity contribution in [2.75, 3.05) is 38.0 Å². The van der Waals surface area contributed by atoms with Crippen LogP contribution in [0.2, 0.25) is 0 Å². The van der Waals surface area contributed by atoms with Crippen molar-refractivity contribution in [3.8, 4) is 22.6 Å². The molecule has 1 amide bonds. The van der Waals surface area contributed by atoms with Crippen LogP contribution in [0.1, 0.15) is 5.69 Å². The first-order valence-corrected chi connectivity index (χ1v) is 11.3. The zero-order chi connectivity index (χ0) is 22.4. The van der Waals surface area contributed by atoms with Crippen LogP contribution in [0.3, 0.4) is 0 Å². The summed E-state index contributed by atoms with van der Waals surface area (Å²) < 4.78 is 0. The van der Waals surface area contributed by atoms with E-state index >= 15 is 0 Å². The van der Waals surface area contributed by atoms with Crippen LogP contribution in [0, 0.1) is 6.92 Å². The third-order valence-corrected chi connectivity index (χ3v) is 6.59. The SMILES string of the molecule is Cc1cccc(-c2[nH]cnc2-c2ccc3ncc(NC(=O)[C@H]4CN5CCN4CC5)cc3c2)n1. The van der Waals surface area contributed by atoms with Crippen LogP contribution in [-0.4, -0.2) is 74.4 Å².